The van der Waals surface area contributed by atoms with Gasteiger partial charge in [0, 0.05) is 16.2 Å². The monoisotopic (exact) mass is 338 g/mol. The number of ether oxygens (including phenoxy) is 1. The summed E-state index contributed by atoms with van der Waals surface area (Å²) in [5, 5.41) is 3.64. The molecule has 0 N–H and O–H groups in total. The molecule has 0 amide bonds. The van der Waals surface area contributed by atoms with Crippen molar-refractivity contribution < 1.29 is 13.9 Å². The molecule has 0 aliphatic rings. The van der Waals surface area contributed by atoms with Crippen molar-refractivity contribution >= 4 is 38.7 Å². The van der Waals surface area contributed by atoms with Crippen LogP contribution in [0.4, 0.5) is 0 Å². The molecule has 3 nitrogen and oxygen atoms in total. The second-order valence-electron chi connectivity index (χ2n) is 6.14. The molecule has 0 fully saturated rings. The van der Waals surface area contributed by atoms with Gasteiger partial charge in [0.15, 0.2) is 0 Å². The molecular formula is C23H14O3. The zero-order valence-electron chi connectivity index (χ0n) is 13.8. The van der Waals surface area contributed by atoms with Crippen LogP contribution < -0.4 is 4.74 Å². The molecule has 0 spiro atoms. The quantitative estimate of drug-likeness (QED) is 0.294. The molecule has 1 heterocycles. The molecule has 26 heavy (non-hydrogen) atoms. The van der Waals surface area contributed by atoms with Crippen LogP contribution in [0.3, 0.4) is 0 Å². The maximum Gasteiger partial charge on any atom is 0.344 e. The first-order valence-corrected chi connectivity index (χ1v) is 8.41. The van der Waals surface area contributed by atoms with E-state index in [2.05, 4.69) is 0 Å². The number of carbonyl (C=O) groups excluding carboxylic acids is 1. The fourth-order valence-corrected chi connectivity index (χ4v) is 3.38. The lowest BCUT2D eigenvalue weighted by atomic mass is 10.1. The van der Waals surface area contributed by atoms with Gasteiger partial charge >= 0.3 is 5.97 Å². The third kappa shape index (κ3) is 2.25. The first-order chi connectivity index (χ1) is 12.8. The van der Waals surface area contributed by atoms with Gasteiger partial charge < -0.3 is 9.15 Å². The van der Waals surface area contributed by atoms with Crippen molar-refractivity contribution in [2.45, 2.75) is 0 Å². The lowest BCUT2D eigenvalue weighted by Gasteiger charge is -2.08. The number of fused-ring (bicyclic) bond motifs is 4. The summed E-state index contributed by atoms with van der Waals surface area (Å²) in [6.45, 7) is 0. The molecule has 0 radical (unpaired) electrons. The maximum absolute atomic E-state index is 12.9. The Morgan fingerprint density at radius 2 is 1.38 bits per heavy atom. The smallest absolute Gasteiger partial charge is 0.344 e. The van der Waals surface area contributed by atoms with Crippen molar-refractivity contribution in [1.82, 2.24) is 0 Å². The number of carbonyl (C=O) groups is 1. The van der Waals surface area contributed by atoms with Crippen molar-refractivity contribution in [3.05, 3.63) is 90.5 Å². The van der Waals surface area contributed by atoms with Crippen LogP contribution in [-0.4, -0.2) is 5.97 Å². The van der Waals surface area contributed by atoms with Crippen molar-refractivity contribution in [1.29, 1.82) is 0 Å². The third-order valence-corrected chi connectivity index (χ3v) is 4.57. The van der Waals surface area contributed by atoms with Gasteiger partial charge in [0.25, 0.3) is 0 Å². The lowest BCUT2D eigenvalue weighted by molar-refractivity contribution is 0.0739. The van der Waals surface area contributed by atoms with E-state index in [9.17, 15) is 4.79 Å². The summed E-state index contributed by atoms with van der Waals surface area (Å²) >= 11 is 0. The SMILES string of the molecule is O=C(Oc1cccc2ccccc12)c1cccc2oc3ccccc3c12. The molecule has 4 aromatic carbocycles. The Balaban J connectivity index is 1.65. The molecule has 0 aliphatic carbocycles. The van der Waals surface area contributed by atoms with E-state index in [1.54, 1.807) is 6.07 Å². The average molecular weight is 338 g/mol. The number of hydrogen-bond acceptors (Lipinski definition) is 3. The minimum Gasteiger partial charge on any atom is -0.456 e. The molecule has 0 saturated heterocycles. The minimum atomic E-state index is -0.390. The van der Waals surface area contributed by atoms with E-state index in [0.717, 1.165) is 27.1 Å². The highest BCUT2D eigenvalue weighted by Gasteiger charge is 2.18. The first-order valence-electron chi connectivity index (χ1n) is 8.41. The topological polar surface area (TPSA) is 39.4 Å². The number of hydrogen-bond donors (Lipinski definition) is 0. The van der Waals surface area contributed by atoms with E-state index in [-0.39, 0.29) is 0 Å². The summed E-state index contributed by atoms with van der Waals surface area (Å²) in [6.07, 6.45) is 0. The Morgan fingerprint density at radius 1 is 0.692 bits per heavy atom. The molecule has 124 valence electrons. The van der Waals surface area contributed by atoms with Crippen molar-refractivity contribution in [2.24, 2.45) is 0 Å². The van der Waals surface area contributed by atoms with Crippen molar-refractivity contribution in [3.8, 4) is 5.75 Å². The molecule has 0 atom stereocenters. The van der Waals surface area contributed by atoms with Crippen LogP contribution in [0.2, 0.25) is 0 Å². The predicted molar refractivity (Wildman–Crippen MR) is 103 cm³/mol. The molecular weight excluding hydrogens is 324 g/mol. The molecule has 0 saturated carbocycles. The summed E-state index contributed by atoms with van der Waals surface area (Å²) in [4.78, 5) is 12.9. The van der Waals surface area contributed by atoms with Gasteiger partial charge in [0.2, 0.25) is 0 Å². The maximum atomic E-state index is 12.9. The molecule has 0 unspecified atom stereocenters. The van der Waals surface area contributed by atoms with Gasteiger partial charge in [0.05, 0.1) is 5.56 Å². The fraction of sp³-hybridized carbons (Fsp3) is 0. The van der Waals surface area contributed by atoms with Gasteiger partial charge in [-0.2, -0.15) is 0 Å². The Hall–Kier alpha value is -3.59. The normalized spacial score (nSPS) is 11.2. The van der Waals surface area contributed by atoms with Gasteiger partial charge in [-0.05, 0) is 29.7 Å². The Labute approximate surface area is 149 Å². The number of rotatable bonds is 2. The summed E-state index contributed by atoms with van der Waals surface area (Å²) in [6, 6.07) is 26.7. The lowest BCUT2D eigenvalue weighted by Crippen LogP contribution is -2.09. The summed E-state index contributed by atoms with van der Waals surface area (Å²) < 4.78 is 11.6. The fourth-order valence-electron chi connectivity index (χ4n) is 3.38. The average Bonchev–Trinajstić information content (AvgIpc) is 3.07. The molecule has 3 heteroatoms. The van der Waals surface area contributed by atoms with Crippen LogP contribution in [-0.2, 0) is 0 Å². The third-order valence-electron chi connectivity index (χ3n) is 4.57. The van der Waals surface area contributed by atoms with E-state index in [1.165, 1.54) is 0 Å². The van der Waals surface area contributed by atoms with Crippen LogP contribution in [0.25, 0.3) is 32.7 Å². The zero-order valence-corrected chi connectivity index (χ0v) is 13.8. The van der Waals surface area contributed by atoms with Crippen LogP contribution in [0.5, 0.6) is 5.75 Å². The van der Waals surface area contributed by atoms with Crippen LogP contribution in [0.1, 0.15) is 10.4 Å². The van der Waals surface area contributed by atoms with Crippen LogP contribution in [0.15, 0.2) is 89.3 Å². The molecule has 1 aromatic heterocycles. The van der Waals surface area contributed by atoms with E-state index in [0.29, 0.717) is 16.9 Å². The van der Waals surface area contributed by atoms with Crippen LogP contribution in [0, 0.1) is 0 Å². The van der Waals surface area contributed by atoms with Crippen molar-refractivity contribution in [2.75, 3.05) is 0 Å². The van der Waals surface area contributed by atoms with Crippen LogP contribution >= 0.6 is 0 Å². The zero-order chi connectivity index (χ0) is 17.5. The van der Waals surface area contributed by atoms with E-state index in [1.807, 2.05) is 78.9 Å². The van der Waals surface area contributed by atoms with Gasteiger partial charge in [-0.3, -0.25) is 0 Å². The molecule has 0 aliphatic heterocycles. The predicted octanol–water partition coefficient (Wildman–Crippen LogP) is 5.96. The minimum absolute atomic E-state index is 0.390. The number of benzene rings is 4. The van der Waals surface area contributed by atoms with Gasteiger partial charge in [-0.15, -0.1) is 0 Å². The van der Waals surface area contributed by atoms with Gasteiger partial charge in [-0.1, -0.05) is 60.7 Å². The Kier molecular flexibility index (Phi) is 3.25. The highest BCUT2D eigenvalue weighted by Crippen LogP contribution is 2.32. The van der Waals surface area contributed by atoms with Gasteiger partial charge in [-0.25, -0.2) is 4.79 Å². The highest BCUT2D eigenvalue weighted by atomic mass is 16.5. The summed E-state index contributed by atoms with van der Waals surface area (Å²) in [5.74, 6) is 0.163. The number of esters is 1. The summed E-state index contributed by atoms with van der Waals surface area (Å²) in [5.41, 5.74) is 1.94. The molecule has 5 aromatic rings. The van der Waals surface area contributed by atoms with E-state index >= 15 is 0 Å². The standard InChI is InChI=1S/C23H14O3/c24-23(26-19-13-5-8-15-7-1-2-9-16(15)19)18-11-6-14-21-22(18)17-10-3-4-12-20(17)25-21/h1-14H. The van der Waals surface area contributed by atoms with Crippen molar-refractivity contribution in [3.63, 3.8) is 0 Å². The molecule has 0 bridgehead atoms. The first kappa shape index (κ1) is 14.7. The molecule has 5 rings (SSSR count). The number of furan rings is 1. The Morgan fingerprint density at radius 3 is 2.31 bits per heavy atom. The van der Waals surface area contributed by atoms with Gasteiger partial charge in [0.1, 0.15) is 16.9 Å². The number of para-hydroxylation sites is 1. The Bertz CT molecular complexity index is 1280. The largest absolute Gasteiger partial charge is 0.456 e. The second-order valence-corrected chi connectivity index (χ2v) is 6.14. The highest BCUT2D eigenvalue weighted by molar-refractivity contribution is 6.15. The summed E-state index contributed by atoms with van der Waals surface area (Å²) in [7, 11) is 0. The second kappa shape index (κ2) is 5.74. The van der Waals surface area contributed by atoms with E-state index < -0.39 is 5.97 Å². The van der Waals surface area contributed by atoms with E-state index in [4.69, 9.17) is 9.15 Å².